The van der Waals surface area contributed by atoms with Crippen LogP contribution in [0.15, 0.2) is 23.1 Å². The molecule has 112 valence electrons. The van der Waals surface area contributed by atoms with E-state index in [-0.39, 0.29) is 34.9 Å². The fraction of sp³-hybridized carbons (Fsp3) is 0.455. The Hall–Kier alpha value is -1.19. The van der Waals surface area contributed by atoms with Gasteiger partial charge in [0.2, 0.25) is 10.0 Å². The Bertz CT molecular complexity index is 702. The van der Waals surface area contributed by atoms with Crippen LogP contribution in [-0.4, -0.2) is 34.4 Å². The minimum absolute atomic E-state index is 0.0534. The van der Waals surface area contributed by atoms with Crippen molar-refractivity contribution in [3.05, 3.63) is 24.0 Å². The van der Waals surface area contributed by atoms with E-state index >= 15 is 0 Å². The highest BCUT2D eigenvalue weighted by Crippen LogP contribution is 2.21. The summed E-state index contributed by atoms with van der Waals surface area (Å²) in [5.41, 5.74) is 5.49. The summed E-state index contributed by atoms with van der Waals surface area (Å²) in [6, 6.07) is 2.61. The van der Waals surface area contributed by atoms with Gasteiger partial charge in [-0.05, 0) is 31.0 Å². The van der Waals surface area contributed by atoms with Crippen LogP contribution in [0.1, 0.15) is 12.8 Å². The van der Waals surface area contributed by atoms with Gasteiger partial charge < -0.3 is 5.73 Å². The number of sulfone groups is 1. The number of rotatable bonds is 3. The van der Waals surface area contributed by atoms with Crippen molar-refractivity contribution in [2.75, 3.05) is 17.2 Å². The molecule has 0 unspecified atom stereocenters. The van der Waals surface area contributed by atoms with E-state index in [1.165, 1.54) is 6.07 Å². The highest BCUT2D eigenvalue weighted by molar-refractivity contribution is 7.91. The second-order valence-corrected chi connectivity index (χ2v) is 8.72. The Morgan fingerprint density at radius 1 is 1.25 bits per heavy atom. The van der Waals surface area contributed by atoms with E-state index in [0.717, 1.165) is 12.1 Å². The summed E-state index contributed by atoms with van der Waals surface area (Å²) < 4.78 is 62.3. The molecule has 1 aliphatic heterocycles. The normalized spacial score (nSPS) is 19.9. The summed E-state index contributed by atoms with van der Waals surface area (Å²) in [6.45, 7) is 0. The topological polar surface area (TPSA) is 106 Å². The molecular weight excluding hydrogens is 307 g/mol. The lowest BCUT2D eigenvalue weighted by Crippen LogP contribution is -2.41. The predicted octanol–water partition coefficient (Wildman–Crippen LogP) is 0.263. The fourth-order valence-electron chi connectivity index (χ4n) is 2.03. The monoisotopic (exact) mass is 322 g/mol. The lowest BCUT2D eigenvalue weighted by Gasteiger charge is -2.23. The van der Waals surface area contributed by atoms with Gasteiger partial charge in [-0.25, -0.2) is 25.9 Å². The van der Waals surface area contributed by atoms with E-state index in [9.17, 15) is 21.2 Å². The minimum Gasteiger partial charge on any atom is -0.398 e. The zero-order valence-electron chi connectivity index (χ0n) is 10.5. The quantitative estimate of drug-likeness (QED) is 0.777. The van der Waals surface area contributed by atoms with E-state index < -0.39 is 31.7 Å². The fourth-order valence-corrected chi connectivity index (χ4v) is 4.97. The number of nitrogen functional groups attached to an aromatic ring is 1. The first-order chi connectivity index (χ1) is 9.20. The number of anilines is 1. The first-order valence-corrected chi connectivity index (χ1v) is 9.28. The van der Waals surface area contributed by atoms with E-state index in [1.54, 1.807) is 0 Å². The summed E-state index contributed by atoms with van der Waals surface area (Å²) in [6.07, 6.45) is 0.410. The molecule has 1 aromatic carbocycles. The number of nitrogens with one attached hydrogen (secondary N) is 1. The Morgan fingerprint density at radius 2 is 1.85 bits per heavy atom. The van der Waals surface area contributed by atoms with Crippen molar-refractivity contribution in [2.24, 2.45) is 0 Å². The molecule has 0 aromatic heterocycles. The van der Waals surface area contributed by atoms with E-state index in [0.29, 0.717) is 0 Å². The third-order valence-corrected chi connectivity index (χ3v) is 6.43. The van der Waals surface area contributed by atoms with E-state index in [2.05, 4.69) is 4.72 Å². The minimum atomic E-state index is -3.96. The molecule has 6 nitrogen and oxygen atoms in total. The van der Waals surface area contributed by atoms with Crippen molar-refractivity contribution in [1.29, 1.82) is 0 Å². The van der Waals surface area contributed by atoms with Crippen LogP contribution >= 0.6 is 0 Å². The average Bonchev–Trinajstić information content (AvgIpc) is 2.35. The molecule has 0 radical (unpaired) electrons. The standard InChI is InChI=1S/C11H15FN2O4S2/c12-8-1-2-10(13)11(7-8)20(17,18)14-9-3-5-19(15,16)6-4-9/h1-2,7,9,14H,3-6,13H2. The van der Waals surface area contributed by atoms with Gasteiger partial charge in [-0.15, -0.1) is 0 Å². The largest absolute Gasteiger partial charge is 0.398 e. The number of hydrogen-bond acceptors (Lipinski definition) is 5. The Kier molecular flexibility index (Phi) is 4.03. The van der Waals surface area contributed by atoms with Gasteiger partial charge >= 0.3 is 0 Å². The van der Waals surface area contributed by atoms with Gasteiger partial charge in [0, 0.05) is 6.04 Å². The van der Waals surface area contributed by atoms with Gasteiger partial charge in [0.05, 0.1) is 17.2 Å². The van der Waals surface area contributed by atoms with Gasteiger partial charge in [-0.2, -0.15) is 0 Å². The summed E-state index contributed by atoms with van der Waals surface area (Å²) in [7, 11) is -7.03. The SMILES string of the molecule is Nc1ccc(F)cc1S(=O)(=O)NC1CCS(=O)(=O)CC1. The van der Waals surface area contributed by atoms with Crippen LogP contribution in [0.5, 0.6) is 0 Å². The molecule has 9 heteroatoms. The molecule has 0 bridgehead atoms. The van der Waals surface area contributed by atoms with Crippen molar-refractivity contribution < 1.29 is 21.2 Å². The third-order valence-electron chi connectivity index (χ3n) is 3.14. The van der Waals surface area contributed by atoms with Crippen molar-refractivity contribution in [1.82, 2.24) is 4.72 Å². The van der Waals surface area contributed by atoms with Crippen molar-refractivity contribution >= 4 is 25.5 Å². The number of nitrogens with two attached hydrogens (primary N) is 1. The van der Waals surface area contributed by atoms with Gasteiger partial charge in [0.1, 0.15) is 20.5 Å². The maximum Gasteiger partial charge on any atom is 0.242 e. The molecule has 1 aliphatic rings. The molecule has 0 atom stereocenters. The lowest BCUT2D eigenvalue weighted by atomic mass is 10.2. The van der Waals surface area contributed by atoms with E-state index in [1.807, 2.05) is 0 Å². The zero-order chi connectivity index (χ0) is 15.0. The molecule has 20 heavy (non-hydrogen) atoms. The number of hydrogen-bond donors (Lipinski definition) is 2. The molecule has 0 saturated carbocycles. The second-order valence-electron chi connectivity index (χ2n) is 4.73. The van der Waals surface area contributed by atoms with Gasteiger partial charge in [0.25, 0.3) is 0 Å². The highest BCUT2D eigenvalue weighted by Gasteiger charge is 2.28. The first kappa shape index (κ1) is 15.2. The summed E-state index contributed by atoms with van der Waals surface area (Å²) in [5, 5.41) is 0. The zero-order valence-corrected chi connectivity index (χ0v) is 12.2. The van der Waals surface area contributed by atoms with Crippen LogP contribution in [-0.2, 0) is 19.9 Å². The molecule has 1 aromatic rings. The maximum atomic E-state index is 13.1. The van der Waals surface area contributed by atoms with Crippen LogP contribution in [0.4, 0.5) is 10.1 Å². The van der Waals surface area contributed by atoms with Gasteiger partial charge in [-0.3, -0.25) is 0 Å². The molecular formula is C11H15FN2O4S2. The van der Waals surface area contributed by atoms with Crippen LogP contribution in [0.2, 0.25) is 0 Å². The summed E-state index contributed by atoms with van der Waals surface area (Å²) in [5.74, 6) is -0.816. The summed E-state index contributed by atoms with van der Waals surface area (Å²) >= 11 is 0. The third kappa shape index (κ3) is 3.47. The summed E-state index contributed by atoms with van der Waals surface area (Å²) in [4.78, 5) is -0.328. The molecule has 1 heterocycles. The van der Waals surface area contributed by atoms with Crippen LogP contribution in [0.25, 0.3) is 0 Å². The smallest absolute Gasteiger partial charge is 0.242 e. The van der Waals surface area contributed by atoms with Crippen molar-refractivity contribution in [3.63, 3.8) is 0 Å². The average molecular weight is 322 g/mol. The Labute approximate surface area is 117 Å². The predicted molar refractivity (Wildman–Crippen MR) is 72.8 cm³/mol. The molecule has 2 rings (SSSR count). The lowest BCUT2D eigenvalue weighted by molar-refractivity contribution is 0.505. The first-order valence-electron chi connectivity index (χ1n) is 5.97. The van der Waals surface area contributed by atoms with Crippen molar-refractivity contribution in [2.45, 2.75) is 23.8 Å². The molecule has 1 fully saturated rings. The van der Waals surface area contributed by atoms with Crippen LogP contribution < -0.4 is 10.5 Å². The molecule has 0 spiro atoms. The molecule has 3 N–H and O–H groups in total. The molecule has 0 amide bonds. The second kappa shape index (κ2) is 5.30. The molecule has 1 saturated heterocycles. The van der Waals surface area contributed by atoms with Crippen molar-refractivity contribution in [3.8, 4) is 0 Å². The number of halogens is 1. The molecule has 0 aliphatic carbocycles. The number of benzene rings is 1. The Morgan fingerprint density at radius 3 is 2.45 bits per heavy atom. The van der Waals surface area contributed by atoms with Gasteiger partial charge in [0.15, 0.2) is 0 Å². The number of sulfonamides is 1. The van der Waals surface area contributed by atoms with Crippen LogP contribution in [0, 0.1) is 5.82 Å². The van der Waals surface area contributed by atoms with Crippen LogP contribution in [0.3, 0.4) is 0 Å². The highest BCUT2D eigenvalue weighted by atomic mass is 32.2. The Balaban J connectivity index is 2.18. The van der Waals surface area contributed by atoms with Gasteiger partial charge in [-0.1, -0.05) is 0 Å². The maximum absolute atomic E-state index is 13.1. The van der Waals surface area contributed by atoms with E-state index in [4.69, 9.17) is 5.73 Å².